The van der Waals surface area contributed by atoms with Gasteiger partial charge >= 0.3 is 5.97 Å². The van der Waals surface area contributed by atoms with Crippen molar-refractivity contribution >= 4 is 17.6 Å². The minimum atomic E-state index is -0.954. The predicted octanol–water partition coefficient (Wildman–Crippen LogP) is 3.94. The number of halogens is 1. The average molecular weight is 302 g/mol. The van der Waals surface area contributed by atoms with E-state index in [4.69, 9.17) is 21.4 Å². The van der Waals surface area contributed by atoms with E-state index >= 15 is 0 Å². The van der Waals surface area contributed by atoms with Crippen molar-refractivity contribution in [2.75, 3.05) is 0 Å². The number of rotatable bonds is 2. The number of aromatic nitrogens is 1. The summed E-state index contributed by atoms with van der Waals surface area (Å²) in [4.78, 5) is 15.3. The van der Waals surface area contributed by atoms with Crippen LogP contribution >= 0.6 is 11.6 Å². The van der Waals surface area contributed by atoms with Crippen molar-refractivity contribution in [3.63, 3.8) is 0 Å². The second kappa shape index (κ2) is 4.46. The molecule has 0 spiro atoms. The predicted molar refractivity (Wildman–Crippen MR) is 77.7 cm³/mol. The number of hydrogen-bond acceptors (Lipinski definition) is 3. The molecule has 1 aromatic heterocycles. The van der Waals surface area contributed by atoms with Crippen LogP contribution in [-0.2, 0) is 0 Å². The van der Waals surface area contributed by atoms with Gasteiger partial charge in [-0.25, -0.2) is 9.78 Å². The standard InChI is InChI=1S/C16H12ClNO3/c17-14-6-11-12(7-18-14)10-4-3-9(16(19)20)5-13(10)21-15(11)8-1-2-8/h3-8,15H,1-2H2,(H,19,20). The largest absolute Gasteiger partial charge is 0.485 e. The molecule has 4 nitrogen and oxygen atoms in total. The summed E-state index contributed by atoms with van der Waals surface area (Å²) in [5.74, 6) is 0.136. The molecule has 0 amide bonds. The van der Waals surface area contributed by atoms with Crippen molar-refractivity contribution in [3.8, 4) is 16.9 Å². The highest BCUT2D eigenvalue weighted by molar-refractivity contribution is 6.29. The summed E-state index contributed by atoms with van der Waals surface area (Å²) in [6, 6.07) is 6.80. The SMILES string of the molecule is O=C(O)c1ccc2c(c1)OC(C1CC1)c1cc(Cl)ncc1-2. The molecule has 1 atom stereocenters. The lowest BCUT2D eigenvalue weighted by molar-refractivity contribution is 0.0696. The van der Waals surface area contributed by atoms with E-state index in [0.29, 0.717) is 16.8 Å². The lowest BCUT2D eigenvalue weighted by Crippen LogP contribution is -2.16. The zero-order chi connectivity index (χ0) is 14.6. The lowest BCUT2D eigenvalue weighted by Gasteiger charge is -2.29. The molecule has 1 aromatic carbocycles. The van der Waals surface area contributed by atoms with Crippen LogP contribution in [0.5, 0.6) is 5.75 Å². The topological polar surface area (TPSA) is 59.4 Å². The van der Waals surface area contributed by atoms with Crippen LogP contribution in [-0.4, -0.2) is 16.1 Å². The molecule has 21 heavy (non-hydrogen) atoms. The number of pyridine rings is 1. The van der Waals surface area contributed by atoms with Crippen molar-refractivity contribution in [1.29, 1.82) is 0 Å². The Morgan fingerprint density at radius 1 is 1.29 bits per heavy atom. The van der Waals surface area contributed by atoms with Crippen molar-refractivity contribution in [2.45, 2.75) is 18.9 Å². The number of fused-ring (bicyclic) bond motifs is 3. The Labute approximate surface area is 126 Å². The Morgan fingerprint density at radius 3 is 2.81 bits per heavy atom. The number of ether oxygens (including phenoxy) is 1. The van der Waals surface area contributed by atoms with Crippen LogP contribution in [0.2, 0.25) is 5.15 Å². The number of nitrogens with zero attached hydrogens (tertiary/aromatic N) is 1. The molecular formula is C16H12ClNO3. The van der Waals surface area contributed by atoms with Gasteiger partial charge in [0.2, 0.25) is 0 Å². The van der Waals surface area contributed by atoms with Gasteiger partial charge in [0.05, 0.1) is 5.56 Å². The molecule has 2 heterocycles. The van der Waals surface area contributed by atoms with E-state index in [0.717, 1.165) is 29.5 Å². The quantitative estimate of drug-likeness (QED) is 0.853. The van der Waals surface area contributed by atoms with Gasteiger partial charge in [0.1, 0.15) is 17.0 Å². The fourth-order valence-electron chi connectivity index (χ4n) is 2.83. The third-order valence-electron chi connectivity index (χ3n) is 4.03. The van der Waals surface area contributed by atoms with E-state index in [1.807, 2.05) is 6.07 Å². The van der Waals surface area contributed by atoms with Gasteiger partial charge in [-0.2, -0.15) is 0 Å². The summed E-state index contributed by atoms with van der Waals surface area (Å²) in [6.07, 6.45) is 3.93. The molecule has 1 aliphatic carbocycles. The van der Waals surface area contributed by atoms with Gasteiger partial charge in [0.15, 0.2) is 0 Å². The minimum Gasteiger partial charge on any atom is -0.485 e. The molecule has 0 radical (unpaired) electrons. The van der Waals surface area contributed by atoms with Crippen molar-refractivity contribution in [1.82, 2.24) is 4.98 Å². The molecule has 4 rings (SSSR count). The van der Waals surface area contributed by atoms with E-state index in [-0.39, 0.29) is 11.7 Å². The van der Waals surface area contributed by atoms with Crippen LogP contribution in [0.3, 0.4) is 0 Å². The van der Waals surface area contributed by atoms with Crippen LogP contribution in [0.4, 0.5) is 0 Å². The smallest absolute Gasteiger partial charge is 0.335 e. The molecule has 1 saturated carbocycles. The molecule has 0 bridgehead atoms. The summed E-state index contributed by atoms with van der Waals surface area (Å²) < 4.78 is 6.08. The molecular weight excluding hydrogens is 290 g/mol. The third-order valence-corrected chi connectivity index (χ3v) is 4.24. The maximum absolute atomic E-state index is 11.1. The molecule has 5 heteroatoms. The molecule has 2 aliphatic rings. The fourth-order valence-corrected chi connectivity index (χ4v) is 3.00. The summed E-state index contributed by atoms with van der Waals surface area (Å²) in [6.45, 7) is 0. The molecule has 2 aromatic rings. The van der Waals surface area contributed by atoms with Gasteiger partial charge in [0.25, 0.3) is 0 Å². The zero-order valence-electron chi connectivity index (χ0n) is 11.0. The molecule has 1 N–H and O–H groups in total. The third kappa shape index (κ3) is 2.07. The summed E-state index contributed by atoms with van der Waals surface area (Å²) in [5.41, 5.74) is 3.13. The maximum atomic E-state index is 11.1. The summed E-state index contributed by atoms with van der Waals surface area (Å²) >= 11 is 6.02. The molecule has 1 unspecified atom stereocenters. The lowest BCUT2D eigenvalue weighted by atomic mass is 9.92. The first-order valence-electron chi connectivity index (χ1n) is 6.83. The first-order chi connectivity index (χ1) is 10.1. The van der Waals surface area contributed by atoms with Crippen molar-refractivity contribution < 1.29 is 14.6 Å². The number of aromatic carboxylic acids is 1. The van der Waals surface area contributed by atoms with Crippen LogP contribution in [0.25, 0.3) is 11.1 Å². The molecule has 106 valence electrons. The van der Waals surface area contributed by atoms with Crippen LogP contribution in [0, 0.1) is 5.92 Å². The van der Waals surface area contributed by atoms with Crippen LogP contribution in [0.1, 0.15) is 34.9 Å². The second-order valence-electron chi connectivity index (χ2n) is 5.49. The van der Waals surface area contributed by atoms with Gasteiger partial charge in [0, 0.05) is 28.8 Å². The van der Waals surface area contributed by atoms with E-state index in [2.05, 4.69) is 4.98 Å². The van der Waals surface area contributed by atoms with Gasteiger partial charge in [-0.1, -0.05) is 11.6 Å². The number of carboxylic acids is 1. The molecule has 1 aliphatic heterocycles. The Morgan fingerprint density at radius 2 is 2.10 bits per heavy atom. The Kier molecular flexibility index (Phi) is 2.69. The van der Waals surface area contributed by atoms with Gasteiger partial charge < -0.3 is 9.84 Å². The highest BCUT2D eigenvalue weighted by Crippen LogP contribution is 2.51. The minimum absolute atomic E-state index is 0.0583. The highest BCUT2D eigenvalue weighted by atomic mass is 35.5. The Hall–Kier alpha value is -2.07. The highest BCUT2D eigenvalue weighted by Gasteiger charge is 2.39. The van der Waals surface area contributed by atoms with Gasteiger partial charge in [-0.15, -0.1) is 0 Å². The zero-order valence-corrected chi connectivity index (χ0v) is 11.8. The van der Waals surface area contributed by atoms with Gasteiger partial charge in [-0.05, 0) is 37.1 Å². The second-order valence-corrected chi connectivity index (χ2v) is 5.87. The summed E-state index contributed by atoms with van der Waals surface area (Å²) in [7, 11) is 0. The van der Waals surface area contributed by atoms with E-state index in [9.17, 15) is 4.79 Å². The monoisotopic (exact) mass is 301 g/mol. The normalized spacial score (nSPS) is 19.4. The van der Waals surface area contributed by atoms with Crippen LogP contribution in [0.15, 0.2) is 30.5 Å². The first kappa shape index (κ1) is 12.7. The number of benzene rings is 1. The van der Waals surface area contributed by atoms with Crippen LogP contribution < -0.4 is 4.74 Å². The molecule has 1 fully saturated rings. The fraction of sp³-hybridized carbons (Fsp3) is 0.250. The number of carbonyl (C=O) groups is 1. The van der Waals surface area contributed by atoms with Gasteiger partial charge in [-0.3, -0.25) is 0 Å². The van der Waals surface area contributed by atoms with E-state index in [1.54, 1.807) is 24.4 Å². The molecule has 0 saturated heterocycles. The number of hydrogen-bond donors (Lipinski definition) is 1. The van der Waals surface area contributed by atoms with Crippen molar-refractivity contribution in [2.24, 2.45) is 5.92 Å². The van der Waals surface area contributed by atoms with Crippen molar-refractivity contribution in [3.05, 3.63) is 46.7 Å². The number of carboxylic acid groups (broad SMARTS) is 1. The summed E-state index contributed by atoms with van der Waals surface area (Å²) in [5, 5.41) is 9.57. The Bertz CT molecular complexity index is 755. The first-order valence-corrected chi connectivity index (χ1v) is 7.21. The maximum Gasteiger partial charge on any atom is 0.335 e. The van der Waals surface area contributed by atoms with E-state index < -0.39 is 5.97 Å². The van der Waals surface area contributed by atoms with E-state index in [1.165, 1.54) is 0 Å². The Balaban J connectivity index is 1.90. The average Bonchev–Trinajstić information content (AvgIpc) is 3.30.